The third kappa shape index (κ3) is 3.74. The van der Waals surface area contributed by atoms with Gasteiger partial charge in [-0.1, -0.05) is 20.8 Å². The highest BCUT2D eigenvalue weighted by atomic mass is 15.2. The molecule has 1 aliphatic carbocycles. The molecule has 0 saturated heterocycles. The largest absolute Gasteiger partial charge is 0.314 e. The molecule has 1 aliphatic rings. The van der Waals surface area contributed by atoms with Crippen LogP contribution in [0.1, 0.15) is 59.8 Å². The van der Waals surface area contributed by atoms with E-state index in [4.69, 9.17) is 0 Å². The molecule has 0 spiro atoms. The molecular formula is C14H30N2. The van der Waals surface area contributed by atoms with E-state index in [9.17, 15) is 0 Å². The van der Waals surface area contributed by atoms with Gasteiger partial charge in [-0.25, -0.2) is 0 Å². The Morgan fingerprint density at radius 3 is 2.19 bits per heavy atom. The van der Waals surface area contributed by atoms with Crippen LogP contribution >= 0.6 is 0 Å². The molecule has 0 radical (unpaired) electrons. The predicted molar refractivity (Wildman–Crippen MR) is 71.9 cm³/mol. The minimum atomic E-state index is 0.755. The van der Waals surface area contributed by atoms with Crippen molar-refractivity contribution in [3.63, 3.8) is 0 Å². The minimum Gasteiger partial charge on any atom is -0.314 e. The molecule has 2 nitrogen and oxygen atoms in total. The Bertz CT molecular complexity index is 174. The van der Waals surface area contributed by atoms with Crippen LogP contribution in [0, 0.1) is 0 Å². The summed E-state index contributed by atoms with van der Waals surface area (Å²) in [5.74, 6) is 0. The Hall–Kier alpha value is -0.0800. The second kappa shape index (κ2) is 7.29. The summed E-state index contributed by atoms with van der Waals surface area (Å²) in [6.07, 6.45) is 6.78. The molecule has 1 rings (SSSR count). The summed E-state index contributed by atoms with van der Waals surface area (Å²) >= 11 is 0. The summed E-state index contributed by atoms with van der Waals surface area (Å²) in [7, 11) is 0. The van der Waals surface area contributed by atoms with Gasteiger partial charge < -0.3 is 5.32 Å². The van der Waals surface area contributed by atoms with Gasteiger partial charge in [-0.3, -0.25) is 4.90 Å². The average molecular weight is 226 g/mol. The maximum absolute atomic E-state index is 3.59. The van der Waals surface area contributed by atoms with Crippen molar-refractivity contribution in [2.75, 3.05) is 13.1 Å². The molecule has 1 atom stereocenters. The Balaban J connectivity index is 2.38. The molecule has 0 amide bonds. The van der Waals surface area contributed by atoms with Crippen molar-refractivity contribution in [1.82, 2.24) is 10.2 Å². The van der Waals surface area contributed by atoms with Crippen LogP contribution in [0.25, 0.3) is 0 Å². The van der Waals surface area contributed by atoms with E-state index >= 15 is 0 Å². The molecule has 16 heavy (non-hydrogen) atoms. The first-order valence-corrected chi connectivity index (χ1v) is 7.21. The fourth-order valence-electron chi connectivity index (χ4n) is 3.06. The summed E-state index contributed by atoms with van der Waals surface area (Å²) in [6, 6.07) is 2.39. The van der Waals surface area contributed by atoms with Gasteiger partial charge in [0.2, 0.25) is 0 Å². The first kappa shape index (κ1) is 14.0. The lowest BCUT2D eigenvalue weighted by Crippen LogP contribution is -2.45. The second-order valence-electron chi connectivity index (χ2n) is 5.15. The number of hydrogen-bond acceptors (Lipinski definition) is 2. The van der Waals surface area contributed by atoms with Gasteiger partial charge >= 0.3 is 0 Å². The molecule has 1 saturated carbocycles. The van der Waals surface area contributed by atoms with Crippen LogP contribution in [0.15, 0.2) is 0 Å². The molecule has 0 aromatic heterocycles. The molecule has 1 unspecified atom stereocenters. The third-order valence-electron chi connectivity index (χ3n) is 4.18. The molecule has 0 aliphatic heterocycles. The second-order valence-corrected chi connectivity index (χ2v) is 5.15. The first-order valence-electron chi connectivity index (χ1n) is 7.21. The van der Waals surface area contributed by atoms with Crippen LogP contribution in [0.5, 0.6) is 0 Å². The Labute approximate surface area is 102 Å². The van der Waals surface area contributed by atoms with E-state index in [-0.39, 0.29) is 0 Å². The molecule has 1 fully saturated rings. The average Bonchev–Trinajstić information content (AvgIpc) is 2.32. The Morgan fingerprint density at radius 1 is 1.12 bits per heavy atom. The van der Waals surface area contributed by atoms with E-state index in [1.54, 1.807) is 0 Å². The number of nitrogens with zero attached hydrogens (tertiary/aromatic N) is 1. The van der Waals surface area contributed by atoms with Gasteiger partial charge in [0.1, 0.15) is 0 Å². The third-order valence-corrected chi connectivity index (χ3v) is 4.18. The van der Waals surface area contributed by atoms with Crippen molar-refractivity contribution >= 4 is 0 Å². The quantitative estimate of drug-likeness (QED) is 0.749. The molecule has 2 heteroatoms. The summed E-state index contributed by atoms with van der Waals surface area (Å²) in [4.78, 5) is 2.71. The van der Waals surface area contributed by atoms with Crippen LogP contribution in [-0.4, -0.2) is 36.1 Å². The van der Waals surface area contributed by atoms with Gasteiger partial charge in [0.25, 0.3) is 0 Å². The maximum atomic E-state index is 3.59. The first-order chi connectivity index (χ1) is 7.72. The number of rotatable bonds is 6. The van der Waals surface area contributed by atoms with Crippen LogP contribution in [0.4, 0.5) is 0 Å². The molecule has 96 valence electrons. The van der Waals surface area contributed by atoms with Gasteiger partial charge in [0, 0.05) is 18.1 Å². The summed E-state index contributed by atoms with van der Waals surface area (Å²) < 4.78 is 0. The van der Waals surface area contributed by atoms with E-state index in [0.717, 1.165) is 24.7 Å². The highest BCUT2D eigenvalue weighted by Crippen LogP contribution is 2.25. The Kier molecular flexibility index (Phi) is 6.37. The van der Waals surface area contributed by atoms with Crippen molar-refractivity contribution in [3.05, 3.63) is 0 Å². The Morgan fingerprint density at radius 2 is 1.75 bits per heavy atom. The fraction of sp³-hybridized carbons (Fsp3) is 1.00. The van der Waals surface area contributed by atoms with E-state index in [2.05, 4.69) is 37.9 Å². The molecule has 1 N–H and O–H groups in total. The van der Waals surface area contributed by atoms with Gasteiger partial charge in [-0.15, -0.1) is 0 Å². The van der Waals surface area contributed by atoms with Gasteiger partial charge in [0.15, 0.2) is 0 Å². The summed E-state index contributed by atoms with van der Waals surface area (Å²) in [5.41, 5.74) is 0. The zero-order valence-electron chi connectivity index (χ0n) is 11.6. The SMILES string of the molecule is CCNC1CCC(N(CC)C(C)CC)CC1. The molecule has 0 heterocycles. The highest BCUT2D eigenvalue weighted by molar-refractivity contribution is 4.84. The number of nitrogens with one attached hydrogen (secondary N) is 1. The molecule has 0 aromatic carbocycles. The normalized spacial score (nSPS) is 28.3. The number of hydrogen-bond donors (Lipinski definition) is 1. The lowest BCUT2D eigenvalue weighted by atomic mass is 9.89. The monoisotopic (exact) mass is 226 g/mol. The van der Waals surface area contributed by atoms with Crippen molar-refractivity contribution in [1.29, 1.82) is 0 Å². The molecule has 0 aromatic rings. The molecule has 0 bridgehead atoms. The fourth-order valence-corrected chi connectivity index (χ4v) is 3.06. The van der Waals surface area contributed by atoms with Crippen molar-refractivity contribution in [3.8, 4) is 0 Å². The van der Waals surface area contributed by atoms with Crippen molar-refractivity contribution in [2.45, 2.75) is 77.9 Å². The van der Waals surface area contributed by atoms with Crippen LogP contribution in [0.2, 0.25) is 0 Å². The minimum absolute atomic E-state index is 0.755. The van der Waals surface area contributed by atoms with Gasteiger partial charge in [-0.2, -0.15) is 0 Å². The van der Waals surface area contributed by atoms with Crippen molar-refractivity contribution in [2.24, 2.45) is 0 Å². The summed E-state index contributed by atoms with van der Waals surface area (Å²) in [5, 5.41) is 3.59. The lowest BCUT2D eigenvalue weighted by Gasteiger charge is -2.39. The van der Waals surface area contributed by atoms with Gasteiger partial charge in [0.05, 0.1) is 0 Å². The zero-order valence-corrected chi connectivity index (χ0v) is 11.6. The van der Waals surface area contributed by atoms with E-state index < -0.39 is 0 Å². The van der Waals surface area contributed by atoms with Crippen LogP contribution < -0.4 is 5.32 Å². The predicted octanol–water partition coefficient (Wildman–Crippen LogP) is 3.03. The summed E-state index contributed by atoms with van der Waals surface area (Å²) in [6.45, 7) is 11.5. The molecular weight excluding hydrogens is 196 g/mol. The lowest BCUT2D eigenvalue weighted by molar-refractivity contribution is 0.108. The van der Waals surface area contributed by atoms with Crippen LogP contribution in [0.3, 0.4) is 0 Å². The van der Waals surface area contributed by atoms with E-state index in [1.807, 2.05) is 0 Å². The maximum Gasteiger partial charge on any atom is 0.00991 e. The standard InChI is InChI=1S/C14H30N2/c1-5-12(4)16(7-3)14-10-8-13(9-11-14)15-6-2/h12-15H,5-11H2,1-4H3. The van der Waals surface area contributed by atoms with E-state index in [0.29, 0.717) is 0 Å². The van der Waals surface area contributed by atoms with Crippen LogP contribution in [-0.2, 0) is 0 Å². The highest BCUT2D eigenvalue weighted by Gasteiger charge is 2.26. The smallest absolute Gasteiger partial charge is 0.00991 e. The van der Waals surface area contributed by atoms with E-state index in [1.165, 1.54) is 38.6 Å². The van der Waals surface area contributed by atoms with Gasteiger partial charge in [-0.05, 0) is 52.1 Å². The van der Waals surface area contributed by atoms with Crippen molar-refractivity contribution < 1.29 is 0 Å². The topological polar surface area (TPSA) is 15.3 Å². The zero-order chi connectivity index (χ0) is 12.0.